The second-order valence-electron chi connectivity index (χ2n) is 2.68. The molecule has 0 unspecified atom stereocenters. The monoisotopic (exact) mass is 203 g/mol. The van der Waals surface area contributed by atoms with Gasteiger partial charge in [0.2, 0.25) is 0 Å². The molecule has 1 aromatic heterocycles. The Kier molecular flexibility index (Phi) is 2.33. The minimum Gasteiger partial charge on any atom is -0.476 e. The molecule has 76 valence electrons. The van der Waals surface area contributed by atoms with Gasteiger partial charge in [0.05, 0.1) is 6.20 Å². The summed E-state index contributed by atoms with van der Waals surface area (Å²) in [4.78, 5) is 16.9. The van der Waals surface area contributed by atoms with E-state index in [1.165, 1.54) is 0 Å². The summed E-state index contributed by atoms with van der Waals surface area (Å²) in [5.41, 5.74) is 3.95. The second kappa shape index (κ2) is 3.17. The summed E-state index contributed by atoms with van der Waals surface area (Å²) in [6.45, 7) is 0.622. The van der Waals surface area contributed by atoms with Crippen molar-refractivity contribution >= 4 is 11.8 Å². The van der Waals surface area contributed by atoms with Gasteiger partial charge in [-0.2, -0.15) is 8.78 Å². The smallest absolute Gasteiger partial charge is 0.358 e. The molecule has 1 aromatic rings. The van der Waals surface area contributed by atoms with Gasteiger partial charge in [-0.15, -0.1) is 0 Å². The largest absolute Gasteiger partial charge is 0.476 e. The van der Waals surface area contributed by atoms with Gasteiger partial charge < -0.3 is 10.8 Å². The summed E-state index contributed by atoms with van der Waals surface area (Å²) in [6.07, 6.45) is 0.694. The Bertz CT molecular complexity index is 376. The average Bonchev–Trinajstić information content (AvgIpc) is 2.01. The van der Waals surface area contributed by atoms with Crippen LogP contribution in [0.1, 0.15) is 23.1 Å². The number of rotatable bonds is 2. The van der Waals surface area contributed by atoms with Gasteiger partial charge in [0.15, 0.2) is 11.5 Å². The maximum Gasteiger partial charge on any atom is 0.358 e. The van der Waals surface area contributed by atoms with Crippen molar-refractivity contribution in [3.8, 4) is 0 Å². The maximum atomic E-state index is 12.7. The highest BCUT2D eigenvalue weighted by Crippen LogP contribution is 2.25. The number of aromatic nitrogens is 2. The molecule has 7 heteroatoms. The molecule has 1 rings (SSSR count). The van der Waals surface area contributed by atoms with Crippen molar-refractivity contribution in [3.05, 3.63) is 17.6 Å². The molecule has 0 fully saturated rings. The number of carboxylic acids is 1. The van der Waals surface area contributed by atoms with Crippen LogP contribution in [-0.4, -0.2) is 21.0 Å². The van der Waals surface area contributed by atoms with E-state index >= 15 is 0 Å². The first-order valence-corrected chi connectivity index (χ1v) is 3.56. The van der Waals surface area contributed by atoms with Crippen LogP contribution in [0.15, 0.2) is 6.20 Å². The number of carboxylic acid groups (broad SMARTS) is 1. The van der Waals surface area contributed by atoms with Crippen LogP contribution < -0.4 is 5.73 Å². The van der Waals surface area contributed by atoms with Crippen molar-refractivity contribution in [2.45, 2.75) is 12.8 Å². The fraction of sp³-hybridized carbons (Fsp3) is 0.286. The molecule has 0 aliphatic heterocycles. The van der Waals surface area contributed by atoms with Crippen molar-refractivity contribution in [1.82, 2.24) is 9.97 Å². The number of aromatic carboxylic acids is 1. The van der Waals surface area contributed by atoms with Crippen LogP contribution in [0.3, 0.4) is 0 Å². The molecule has 0 atom stereocenters. The number of nitrogens with zero attached hydrogens (tertiary/aromatic N) is 2. The van der Waals surface area contributed by atoms with E-state index in [1.807, 2.05) is 0 Å². The number of carbonyl (C=O) groups is 1. The number of alkyl halides is 2. The zero-order valence-electron chi connectivity index (χ0n) is 7.16. The molecule has 3 N–H and O–H groups in total. The van der Waals surface area contributed by atoms with Gasteiger partial charge in [-0.1, -0.05) is 0 Å². The van der Waals surface area contributed by atoms with Crippen LogP contribution in [-0.2, 0) is 5.92 Å². The van der Waals surface area contributed by atoms with Gasteiger partial charge in [-0.25, -0.2) is 14.8 Å². The van der Waals surface area contributed by atoms with Crippen LogP contribution in [0.4, 0.5) is 14.6 Å². The van der Waals surface area contributed by atoms with E-state index in [2.05, 4.69) is 9.97 Å². The number of hydrogen-bond acceptors (Lipinski definition) is 4. The van der Waals surface area contributed by atoms with Crippen molar-refractivity contribution < 1.29 is 18.7 Å². The van der Waals surface area contributed by atoms with Gasteiger partial charge in [0.1, 0.15) is 5.69 Å². The lowest BCUT2D eigenvalue weighted by atomic mass is 10.3. The van der Waals surface area contributed by atoms with E-state index in [9.17, 15) is 13.6 Å². The molecular formula is C7H7F2N3O2. The Morgan fingerprint density at radius 3 is 2.57 bits per heavy atom. The topological polar surface area (TPSA) is 89.1 Å². The lowest BCUT2D eigenvalue weighted by molar-refractivity contribution is 0.0123. The van der Waals surface area contributed by atoms with E-state index in [0.717, 1.165) is 0 Å². The summed E-state index contributed by atoms with van der Waals surface area (Å²) in [5.74, 6) is -5.10. The Balaban J connectivity index is 3.20. The Morgan fingerprint density at radius 2 is 2.21 bits per heavy atom. The van der Waals surface area contributed by atoms with E-state index in [0.29, 0.717) is 13.1 Å². The van der Waals surface area contributed by atoms with E-state index in [4.69, 9.17) is 10.8 Å². The Hall–Kier alpha value is -1.79. The molecule has 5 nitrogen and oxygen atoms in total. The minimum absolute atomic E-state index is 0.517. The number of halogens is 2. The molecule has 14 heavy (non-hydrogen) atoms. The third-order valence-corrected chi connectivity index (χ3v) is 1.45. The number of anilines is 1. The third kappa shape index (κ3) is 1.93. The maximum absolute atomic E-state index is 12.7. The molecule has 1 heterocycles. The van der Waals surface area contributed by atoms with Gasteiger partial charge in [-0.05, 0) is 0 Å². The van der Waals surface area contributed by atoms with Gasteiger partial charge >= 0.3 is 5.97 Å². The van der Waals surface area contributed by atoms with Crippen molar-refractivity contribution in [2.75, 3.05) is 5.73 Å². The summed E-state index contributed by atoms with van der Waals surface area (Å²) < 4.78 is 25.3. The van der Waals surface area contributed by atoms with Crippen LogP contribution in [0.25, 0.3) is 0 Å². The molecule has 0 saturated heterocycles. The lowest BCUT2D eigenvalue weighted by Gasteiger charge is -2.09. The molecule has 0 amide bonds. The quantitative estimate of drug-likeness (QED) is 0.744. The molecule has 0 aliphatic carbocycles. The van der Waals surface area contributed by atoms with Crippen LogP contribution in [0.5, 0.6) is 0 Å². The highest BCUT2D eigenvalue weighted by atomic mass is 19.3. The first kappa shape index (κ1) is 10.3. The summed E-state index contributed by atoms with van der Waals surface area (Å²) in [5, 5.41) is 8.49. The SMILES string of the molecule is CC(F)(F)c1cnc(C(=O)O)c(N)n1. The molecule has 0 aliphatic rings. The Morgan fingerprint density at radius 1 is 1.64 bits per heavy atom. The van der Waals surface area contributed by atoms with E-state index in [1.54, 1.807) is 0 Å². The first-order chi connectivity index (χ1) is 6.32. The summed E-state index contributed by atoms with van der Waals surface area (Å²) >= 11 is 0. The third-order valence-electron chi connectivity index (χ3n) is 1.45. The van der Waals surface area contributed by atoms with Gasteiger partial charge in [0.25, 0.3) is 5.92 Å². The molecular weight excluding hydrogens is 196 g/mol. The van der Waals surface area contributed by atoms with Crippen LogP contribution >= 0.6 is 0 Å². The number of nitrogens with two attached hydrogens (primary N) is 1. The lowest BCUT2D eigenvalue weighted by Crippen LogP contribution is -2.15. The molecule has 0 saturated carbocycles. The summed E-state index contributed by atoms with van der Waals surface area (Å²) in [7, 11) is 0. The van der Waals surface area contributed by atoms with E-state index < -0.39 is 29.1 Å². The van der Waals surface area contributed by atoms with Gasteiger partial charge in [0, 0.05) is 6.92 Å². The standard InChI is InChI=1S/C7H7F2N3O2/c1-7(8,9)3-2-11-4(6(13)14)5(10)12-3/h2H,1H3,(H2,10,12)(H,13,14). The van der Waals surface area contributed by atoms with E-state index in [-0.39, 0.29) is 0 Å². The van der Waals surface area contributed by atoms with Crippen LogP contribution in [0.2, 0.25) is 0 Å². The predicted molar refractivity (Wildman–Crippen MR) is 43.0 cm³/mol. The second-order valence-corrected chi connectivity index (χ2v) is 2.68. The Labute approximate surface area is 77.6 Å². The number of hydrogen-bond donors (Lipinski definition) is 2. The molecule has 0 aromatic carbocycles. The fourth-order valence-electron chi connectivity index (χ4n) is 0.780. The highest BCUT2D eigenvalue weighted by molar-refractivity contribution is 5.90. The fourth-order valence-corrected chi connectivity index (χ4v) is 0.780. The highest BCUT2D eigenvalue weighted by Gasteiger charge is 2.28. The predicted octanol–water partition coefficient (Wildman–Crippen LogP) is 0.869. The van der Waals surface area contributed by atoms with Crippen molar-refractivity contribution in [1.29, 1.82) is 0 Å². The first-order valence-electron chi connectivity index (χ1n) is 3.56. The summed E-state index contributed by atoms with van der Waals surface area (Å²) in [6, 6.07) is 0. The van der Waals surface area contributed by atoms with Gasteiger partial charge in [-0.3, -0.25) is 0 Å². The zero-order valence-corrected chi connectivity index (χ0v) is 7.16. The molecule has 0 spiro atoms. The minimum atomic E-state index is -3.18. The molecule has 0 bridgehead atoms. The van der Waals surface area contributed by atoms with Crippen molar-refractivity contribution in [3.63, 3.8) is 0 Å². The zero-order chi connectivity index (χ0) is 10.9. The van der Waals surface area contributed by atoms with Crippen LogP contribution in [0, 0.1) is 0 Å². The normalized spacial score (nSPS) is 11.4. The molecule has 0 radical (unpaired) electrons. The van der Waals surface area contributed by atoms with Crippen molar-refractivity contribution in [2.24, 2.45) is 0 Å². The number of nitrogen functional groups attached to an aromatic ring is 1. The average molecular weight is 203 g/mol.